The highest BCUT2D eigenvalue weighted by Gasteiger charge is 1.97. The maximum Gasteiger partial charge on any atom is 0.173 e. The van der Waals surface area contributed by atoms with Gasteiger partial charge in [-0.3, -0.25) is 5.41 Å². The molecule has 0 unspecified atom stereocenters. The molecule has 0 fully saturated rings. The molecule has 1 aromatic carbocycles. The molecular weight excluding hydrogens is 206 g/mol. The summed E-state index contributed by atoms with van der Waals surface area (Å²) in [5.74, 6) is -0.0219. The number of benzene rings is 1. The van der Waals surface area contributed by atoms with Crippen LogP contribution in [0.1, 0.15) is 5.56 Å². The Kier molecular flexibility index (Phi) is 2.48. The van der Waals surface area contributed by atoms with Crippen molar-refractivity contribution in [3.8, 4) is 0 Å². The van der Waals surface area contributed by atoms with E-state index in [0.717, 1.165) is 4.47 Å². The first-order valence-electron chi connectivity index (χ1n) is 2.96. The van der Waals surface area contributed by atoms with Crippen LogP contribution < -0.4 is 0 Å². The van der Waals surface area contributed by atoms with E-state index in [0.29, 0.717) is 5.56 Å². The fourth-order valence-electron chi connectivity index (χ4n) is 0.700. The van der Waals surface area contributed by atoms with Crippen LogP contribution in [-0.2, 0) is 0 Å². The maximum atomic E-state index is 7.20. The first-order chi connectivity index (χ1) is 5.24. The second-order valence-electron chi connectivity index (χ2n) is 1.97. The van der Waals surface area contributed by atoms with Crippen molar-refractivity contribution in [2.75, 3.05) is 0 Å². The van der Waals surface area contributed by atoms with E-state index in [1.165, 1.54) is 0 Å². The molecule has 1 rings (SSSR count). The Morgan fingerprint density at radius 1 is 1.45 bits per heavy atom. The van der Waals surface area contributed by atoms with Crippen LogP contribution in [0.25, 0.3) is 0 Å². The fourth-order valence-corrected chi connectivity index (χ4v) is 1.10. The van der Waals surface area contributed by atoms with Gasteiger partial charge in [-0.2, -0.15) is 0 Å². The van der Waals surface area contributed by atoms with Gasteiger partial charge in [-0.15, -0.1) is 5.11 Å². The zero-order valence-corrected chi connectivity index (χ0v) is 7.22. The second kappa shape index (κ2) is 3.39. The second-order valence-corrected chi connectivity index (χ2v) is 2.89. The van der Waals surface area contributed by atoms with E-state index in [-0.39, 0.29) is 5.84 Å². The highest BCUT2D eigenvalue weighted by Crippen LogP contribution is 2.11. The van der Waals surface area contributed by atoms with Crippen LogP contribution in [0.5, 0.6) is 0 Å². The molecule has 0 saturated heterocycles. The van der Waals surface area contributed by atoms with Gasteiger partial charge >= 0.3 is 0 Å². The number of hydrogen-bond donors (Lipinski definition) is 2. The van der Waals surface area contributed by atoms with Gasteiger partial charge in [-0.25, -0.2) is 5.53 Å². The molecular formula is C7H6BrN3. The minimum Gasteiger partial charge on any atom is -0.281 e. The summed E-state index contributed by atoms with van der Waals surface area (Å²) in [6, 6.07) is 7.16. The number of rotatable bonds is 1. The molecule has 0 aliphatic heterocycles. The van der Waals surface area contributed by atoms with Crippen molar-refractivity contribution < 1.29 is 0 Å². The molecule has 0 saturated carbocycles. The zero-order chi connectivity index (χ0) is 8.27. The minimum absolute atomic E-state index is 0.0219. The molecule has 56 valence electrons. The van der Waals surface area contributed by atoms with Crippen molar-refractivity contribution >= 4 is 21.8 Å². The summed E-state index contributed by atoms with van der Waals surface area (Å²) < 4.78 is 0.892. The van der Waals surface area contributed by atoms with Gasteiger partial charge in [0.25, 0.3) is 0 Å². The van der Waals surface area contributed by atoms with Crippen molar-refractivity contribution in [2.45, 2.75) is 0 Å². The Balaban J connectivity index is 3.05. The van der Waals surface area contributed by atoms with Crippen molar-refractivity contribution in [1.82, 2.24) is 0 Å². The average Bonchev–Trinajstić information content (AvgIpc) is 2.03. The summed E-state index contributed by atoms with van der Waals surface area (Å²) >= 11 is 3.26. The lowest BCUT2D eigenvalue weighted by atomic mass is 10.2. The maximum absolute atomic E-state index is 7.20. The Morgan fingerprint density at radius 2 is 2.18 bits per heavy atom. The third-order valence-electron chi connectivity index (χ3n) is 1.21. The van der Waals surface area contributed by atoms with Gasteiger partial charge in [0.1, 0.15) is 0 Å². The van der Waals surface area contributed by atoms with Gasteiger partial charge in [0.2, 0.25) is 0 Å². The third kappa shape index (κ3) is 1.94. The zero-order valence-electron chi connectivity index (χ0n) is 5.63. The first-order valence-corrected chi connectivity index (χ1v) is 3.75. The van der Waals surface area contributed by atoms with Crippen LogP contribution in [0.15, 0.2) is 33.9 Å². The molecule has 0 bridgehead atoms. The Hall–Kier alpha value is -1.03. The van der Waals surface area contributed by atoms with Crippen LogP contribution in [0.4, 0.5) is 0 Å². The largest absolute Gasteiger partial charge is 0.281 e. The lowest BCUT2D eigenvalue weighted by Crippen LogP contribution is -1.91. The molecule has 0 aliphatic carbocycles. The summed E-state index contributed by atoms with van der Waals surface area (Å²) in [4.78, 5) is 0. The number of amidine groups is 1. The molecule has 2 N–H and O–H groups in total. The molecule has 4 heteroatoms. The topological polar surface area (TPSA) is 60.1 Å². The lowest BCUT2D eigenvalue weighted by Gasteiger charge is -1.95. The summed E-state index contributed by atoms with van der Waals surface area (Å²) in [6.07, 6.45) is 0. The lowest BCUT2D eigenvalue weighted by molar-refractivity contribution is 1.16. The van der Waals surface area contributed by atoms with E-state index in [2.05, 4.69) is 21.0 Å². The minimum atomic E-state index is -0.0219. The number of halogens is 1. The number of nitrogens with zero attached hydrogens (tertiary/aromatic N) is 1. The molecule has 0 aliphatic rings. The van der Waals surface area contributed by atoms with Crippen LogP contribution in [-0.4, -0.2) is 5.84 Å². The van der Waals surface area contributed by atoms with Crippen LogP contribution in [0.2, 0.25) is 0 Å². The first kappa shape index (κ1) is 8.07. The Bertz CT molecular complexity index is 295. The molecule has 0 aromatic heterocycles. The molecule has 1 aromatic rings. The fraction of sp³-hybridized carbons (Fsp3) is 0. The van der Waals surface area contributed by atoms with Gasteiger partial charge in [-0.05, 0) is 12.1 Å². The van der Waals surface area contributed by atoms with Gasteiger partial charge < -0.3 is 0 Å². The van der Waals surface area contributed by atoms with Crippen molar-refractivity contribution in [3.63, 3.8) is 0 Å². The third-order valence-corrected chi connectivity index (χ3v) is 1.70. The summed E-state index contributed by atoms with van der Waals surface area (Å²) in [6.45, 7) is 0. The molecule has 3 nitrogen and oxygen atoms in total. The van der Waals surface area contributed by atoms with Crippen LogP contribution >= 0.6 is 15.9 Å². The Morgan fingerprint density at radius 3 is 2.73 bits per heavy atom. The highest BCUT2D eigenvalue weighted by atomic mass is 79.9. The van der Waals surface area contributed by atoms with Gasteiger partial charge in [0, 0.05) is 10.0 Å². The average molecular weight is 212 g/mol. The number of nitrogens with one attached hydrogen (secondary N) is 2. The predicted molar refractivity (Wildman–Crippen MR) is 46.1 cm³/mol. The van der Waals surface area contributed by atoms with Crippen molar-refractivity contribution in [2.24, 2.45) is 5.11 Å². The summed E-state index contributed by atoms with van der Waals surface area (Å²) in [5, 5.41) is 10.2. The predicted octanol–water partition coefficient (Wildman–Crippen LogP) is 2.81. The SMILES string of the molecule is N=NC(=N)c1cccc(Br)c1. The summed E-state index contributed by atoms with van der Waals surface area (Å²) in [5.41, 5.74) is 7.25. The summed E-state index contributed by atoms with van der Waals surface area (Å²) in [7, 11) is 0. The van der Waals surface area contributed by atoms with Crippen LogP contribution in [0.3, 0.4) is 0 Å². The van der Waals surface area contributed by atoms with Gasteiger partial charge in [0.15, 0.2) is 5.84 Å². The van der Waals surface area contributed by atoms with E-state index >= 15 is 0 Å². The van der Waals surface area contributed by atoms with E-state index < -0.39 is 0 Å². The van der Waals surface area contributed by atoms with E-state index in [1.54, 1.807) is 18.2 Å². The molecule has 0 radical (unpaired) electrons. The standard InChI is InChI=1S/C7H6BrN3/c8-6-3-1-2-5(4-6)7(9)11-10/h1-4,9-10H. The van der Waals surface area contributed by atoms with Crippen LogP contribution in [0, 0.1) is 10.9 Å². The molecule has 0 heterocycles. The Labute approximate surface area is 72.6 Å². The van der Waals surface area contributed by atoms with Gasteiger partial charge in [-0.1, -0.05) is 28.1 Å². The molecule has 11 heavy (non-hydrogen) atoms. The van der Waals surface area contributed by atoms with E-state index in [9.17, 15) is 0 Å². The van der Waals surface area contributed by atoms with E-state index in [4.69, 9.17) is 10.9 Å². The smallest absolute Gasteiger partial charge is 0.173 e. The molecule has 0 spiro atoms. The normalized spacial score (nSPS) is 9.18. The molecule has 0 atom stereocenters. The number of hydrogen-bond acceptors (Lipinski definition) is 2. The van der Waals surface area contributed by atoms with Crippen molar-refractivity contribution in [1.29, 1.82) is 10.9 Å². The monoisotopic (exact) mass is 211 g/mol. The highest BCUT2D eigenvalue weighted by molar-refractivity contribution is 9.10. The van der Waals surface area contributed by atoms with Crippen molar-refractivity contribution in [3.05, 3.63) is 34.3 Å². The molecule has 0 amide bonds. The van der Waals surface area contributed by atoms with E-state index in [1.807, 2.05) is 6.07 Å². The quantitative estimate of drug-likeness (QED) is 0.408. The van der Waals surface area contributed by atoms with Gasteiger partial charge in [0.05, 0.1) is 0 Å².